The minimum atomic E-state index is 0. The Labute approximate surface area is 103 Å². The van der Waals surface area contributed by atoms with Gasteiger partial charge in [-0.2, -0.15) is 0 Å². The second-order valence-corrected chi connectivity index (χ2v) is 4.66. The van der Waals surface area contributed by atoms with Crippen molar-refractivity contribution in [2.75, 3.05) is 13.1 Å². The predicted molar refractivity (Wildman–Crippen MR) is 68.6 cm³/mol. The maximum Gasteiger partial charge on any atom is 0.0544 e. The van der Waals surface area contributed by atoms with E-state index >= 15 is 0 Å². The Hall–Kier alpha value is -0.640. The molecule has 0 amide bonds. The average Bonchev–Trinajstić information content (AvgIpc) is 2.50. The predicted octanol–water partition coefficient (Wildman–Crippen LogP) is 1.59. The molecule has 0 radical (unpaired) electrons. The highest BCUT2D eigenvalue weighted by atomic mass is 35.5. The monoisotopic (exact) mass is 241 g/mol. The highest BCUT2D eigenvalue weighted by molar-refractivity contribution is 5.85. The Kier molecular flexibility index (Phi) is 4.71. The normalized spacial score (nSPS) is 25.4. The van der Waals surface area contributed by atoms with E-state index < -0.39 is 0 Å². The van der Waals surface area contributed by atoms with E-state index in [1.807, 2.05) is 6.20 Å². The van der Waals surface area contributed by atoms with Gasteiger partial charge in [0.25, 0.3) is 0 Å². The van der Waals surface area contributed by atoms with Crippen LogP contribution >= 0.6 is 12.4 Å². The van der Waals surface area contributed by atoms with Crippen molar-refractivity contribution in [3.63, 3.8) is 0 Å². The number of likely N-dealkylation sites (tertiary alicyclic amines) is 1. The van der Waals surface area contributed by atoms with Gasteiger partial charge in [0.15, 0.2) is 0 Å². The van der Waals surface area contributed by atoms with Crippen LogP contribution in [0.2, 0.25) is 0 Å². The Morgan fingerprint density at radius 1 is 1.44 bits per heavy atom. The molecule has 2 rings (SSSR count). The third kappa shape index (κ3) is 3.17. The van der Waals surface area contributed by atoms with Gasteiger partial charge in [0.05, 0.1) is 5.69 Å². The number of aromatic nitrogens is 1. The molecule has 0 aliphatic carbocycles. The van der Waals surface area contributed by atoms with Gasteiger partial charge in [-0.05, 0) is 24.5 Å². The SMILES string of the molecule is Cc1ccc(CN2CC(C)C(N)C2)nc1.Cl. The zero-order valence-corrected chi connectivity index (χ0v) is 10.7. The van der Waals surface area contributed by atoms with E-state index in [0.29, 0.717) is 12.0 Å². The van der Waals surface area contributed by atoms with E-state index in [0.717, 1.165) is 25.3 Å². The molecule has 2 heterocycles. The van der Waals surface area contributed by atoms with Crippen LogP contribution in [0.4, 0.5) is 0 Å². The van der Waals surface area contributed by atoms with Crippen LogP contribution in [-0.4, -0.2) is 29.0 Å². The van der Waals surface area contributed by atoms with E-state index in [-0.39, 0.29) is 12.4 Å². The zero-order valence-electron chi connectivity index (χ0n) is 9.89. The molecule has 1 aromatic heterocycles. The molecule has 0 aromatic carbocycles. The number of nitrogens with zero attached hydrogens (tertiary/aromatic N) is 2. The lowest BCUT2D eigenvalue weighted by Crippen LogP contribution is -2.28. The first-order valence-corrected chi connectivity index (χ1v) is 5.54. The fourth-order valence-electron chi connectivity index (χ4n) is 2.05. The largest absolute Gasteiger partial charge is 0.326 e. The fourth-order valence-corrected chi connectivity index (χ4v) is 2.05. The van der Waals surface area contributed by atoms with Crippen LogP contribution < -0.4 is 5.73 Å². The van der Waals surface area contributed by atoms with Gasteiger partial charge in [0, 0.05) is 31.9 Å². The summed E-state index contributed by atoms with van der Waals surface area (Å²) in [4.78, 5) is 6.79. The average molecular weight is 242 g/mol. The van der Waals surface area contributed by atoms with Crippen LogP contribution in [0.1, 0.15) is 18.2 Å². The van der Waals surface area contributed by atoms with Crippen molar-refractivity contribution in [2.45, 2.75) is 26.4 Å². The van der Waals surface area contributed by atoms with Crippen LogP contribution in [-0.2, 0) is 6.54 Å². The van der Waals surface area contributed by atoms with Gasteiger partial charge in [-0.15, -0.1) is 12.4 Å². The molecule has 0 spiro atoms. The first kappa shape index (κ1) is 13.4. The summed E-state index contributed by atoms with van der Waals surface area (Å²) in [6.45, 7) is 7.30. The summed E-state index contributed by atoms with van der Waals surface area (Å²) in [7, 11) is 0. The summed E-state index contributed by atoms with van der Waals surface area (Å²) in [6, 6.07) is 4.54. The summed E-state index contributed by atoms with van der Waals surface area (Å²) in [5.41, 5.74) is 8.34. The van der Waals surface area contributed by atoms with Crippen molar-refractivity contribution < 1.29 is 0 Å². The number of pyridine rings is 1. The molecule has 4 heteroatoms. The summed E-state index contributed by atoms with van der Waals surface area (Å²) in [6.07, 6.45) is 1.93. The van der Waals surface area contributed by atoms with Crippen LogP contribution in [0, 0.1) is 12.8 Å². The third-order valence-electron chi connectivity index (χ3n) is 3.10. The molecule has 1 fully saturated rings. The molecular formula is C12H20ClN3. The molecule has 3 nitrogen and oxygen atoms in total. The third-order valence-corrected chi connectivity index (χ3v) is 3.10. The van der Waals surface area contributed by atoms with Crippen molar-refractivity contribution >= 4 is 12.4 Å². The number of nitrogens with two attached hydrogens (primary N) is 1. The minimum Gasteiger partial charge on any atom is -0.326 e. The summed E-state index contributed by atoms with van der Waals surface area (Å²) in [5.74, 6) is 0.607. The van der Waals surface area contributed by atoms with Gasteiger partial charge in [-0.25, -0.2) is 0 Å². The number of aryl methyl sites for hydroxylation is 1. The number of hydrogen-bond acceptors (Lipinski definition) is 3. The molecule has 0 saturated carbocycles. The lowest BCUT2D eigenvalue weighted by atomic mass is 10.1. The van der Waals surface area contributed by atoms with Crippen molar-refractivity contribution in [1.82, 2.24) is 9.88 Å². The molecule has 0 bridgehead atoms. The minimum absolute atomic E-state index is 0. The van der Waals surface area contributed by atoms with E-state index in [2.05, 4.69) is 35.9 Å². The van der Waals surface area contributed by atoms with Gasteiger partial charge in [0.2, 0.25) is 0 Å². The van der Waals surface area contributed by atoms with Gasteiger partial charge in [0.1, 0.15) is 0 Å². The Morgan fingerprint density at radius 2 is 2.19 bits per heavy atom. The smallest absolute Gasteiger partial charge is 0.0544 e. The lowest BCUT2D eigenvalue weighted by molar-refractivity contribution is 0.315. The molecule has 2 N–H and O–H groups in total. The molecule has 1 aromatic rings. The molecule has 90 valence electrons. The number of halogens is 1. The summed E-state index contributed by atoms with van der Waals surface area (Å²) in [5, 5.41) is 0. The molecule has 16 heavy (non-hydrogen) atoms. The first-order chi connectivity index (χ1) is 7.15. The van der Waals surface area contributed by atoms with Crippen LogP contribution in [0.5, 0.6) is 0 Å². The van der Waals surface area contributed by atoms with Crippen LogP contribution in [0.3, 0.4) is 0 Å². The zero-order chi connectivity index (χ0) is 10.8. The van der Waals surface area contributed by atoms with Gasteiger partial charge in [-0.1, -0.05) is 13.0 Å². The second kappa shape index (κ2) is 5.62. The molecule has 1 aliphatic heterocycles. The van der Waals surface area contributed by atoms with Gasteiger partial charge in [-0.3, -0.25) is 9.88 Å². The molecule has 1 aliphatic rings. The van der Waals surface area contributed by atoms with Crippen molar-refractivity contribution in [1.29, 1.82) is 0 Å². The van der Waals surface area contributed by atoms with Crippen LogP contribution in [0.15, 0.2) is 18.3 Å². The summed E-state index contributed by atoms with van der Waals surface area (Å²) >= 11 is 0. The summed E-state index contributed by atoms with van der Waals surface area (Å²) < 4.78 is 0. The van der Waals surface area contributed by atoms with Gasteiger partial charge < -0.3 is 5.73 Å². The molecular weight excluding hydrogens is 222 g/mol. The Bertz CT molecular complexity index is 316. The van der Waals surface area contributed by atoms with E-state index in [4.69, 9.17) is 5.73 Å². The van der Waals surface area contributed by atoms with Gasteiger partial charge >= 0.3 is 0 Å². The van der Waals surface area contributed by atoms with E-state index in [1.54, 1.807) is 0 Å². The van der Waals surface area contributed by atoms with Crippen molar-refractivity contribution in [3.8, 4) is 0 Å². The topological polar surface area (TPSA) is 42.1 Å². The Balaban J connectivity index is 0.00000128. The fraction of sp³-hybridized carbons (Fsp3) is 0.583. The quantitative estimate of drug-likeness (QED) is 0.855. The maximum absolute atomic E-state index is 5.98. The number of hydrogen-bond donors (Lipinski definition) is 1. The van der Waals surface area contributed by atoms with Crippen molar-refractivity contribution in [3.05, 3.63) is 29.6 Å². The second-order valence-electron chi connectivity index (χ2n) is 4.66. The molecule has 2 unspecified atom stereocenters. The standard InChI is InChI=1S/C12H19N3.ClH/c1-9-3-4-11(14-5-9)7-15-6-10(2)12(13)8-15;/h3-5,10,12H,6-8,13H2,1-2H3;1H. The van der Waals surface area contributed by atoms with Crippen molar-refractivity contribution in [2.24, 2.45) is 11.7 Å². The highest BCUT2D eigenvalue weighted by Crippen LogP contribution is 2.16. The number of rotatable bonds is 2. The lowest BCUT2D eigenvalue weighted by Gasteiger charge is -2.14. The molecule has 2 atom stereocenters. The highest BCUT2D eigenvalue weighted by Gasteiger charge is 2.26. The first-order valence-electron chi connectivity index (χ1n) is 5.54. The molecule has 1 saturated heterocycles. The van der Waals surface area contributed by atoms with Crippen LogP contribution in [0.25, 0.3) is 0 Å². The Morgan fingerprint density at radius 3 is 2.69 bits per heavy atom. The van der Waals surface area contributed by atoms with E-state index in [1.165, 1.54) is 5.56 Å². The maximum atomic E-state index is 5.98. The van der Waals surface area contributed by atoms with E-state index in [9.17, 15) is 0 Å².